The fraction of sp³-hybridized carbons (Fsp3) is 0.263. The van der Waals surface area contributed by atoms with Gasteiger partial charge in [0.25, 0.3) is 0 Å². The van der Waals surface area contributed by atoms with Crippen LogP contribution in [0.2, 0.25) is 0 Å². The molecular weight excluding hydrogens is 320 g/mol. The molecule has 2 aromatic carbocycles. The van der Waals surface area contributed by atoms with Gasteiger partial charge in [-0.2, -0.15) is 0 Å². The van der Waals surface area contributed by atoms with Gasteiger partial charge in [-0.15, -0.1) is 0 Å². The van der Waals surface area contributed by atoms with E-state index in [-0.39, 0.29) is 0 Å². The van der Waals surface area contributed by atoms with Gasteiger partial charge in [-0.1, -0.05) is 53.8 Å². The maximum Gasteiger partial charge on any atom is 0.166 e. The summed E-state index contributed by atoms with van der Waals surface area (Å²) in [6, 6.07) is 14.7. The second-order valence-corrected chi connectivity index (χ2v) is 7.58. The lowest BCUT2D eigenvalue weighted by atomic mass is 9.90. The van der Waals surface area contributed by atoms with E-state index in [0.29, 0.717) is 10.2 Å². The van der Waals surface area contributed by atoms with Crippen LogP contribution in [-0.4, -0.2) is 10.2 Å². The minimum atomic E-state index is 0.503. The summed E-state index contributed by atoms with van der Waals surface area (Å²) >= 11 is 6.83. The van der Waals surface area contributed by atoms with E-state index in [1.165, 1.54) is 47.7 Å². The van der Waals surface area contributed by atoms with Crippen molar-refractivity contribution in [3.63, 3.8) is 0 Å². The van der Waals surface area contributed by atoms with Gasteiger partial charge in [0.15, 0.2) is 4.32 Å². The molecule has 4 heteroatoms. The summed E-state index contributed by atoms with van der Waals surface area (Å²) in [5.74, 6) is 0.503. The van der Waals surface area contributed by atoms with Crippen LogP contribution < -0.4 is 5.73 Å². The number of amidine groups is 1. The Hall–Kier alpha value is -1.65. The van der Waals surface area contributed by atoms with Crippen molar-refractivity contribution < 1.29 is 0 Å². The lowest BCUT2D eigenvalue weighted by Gasteiger charge is -2.16. The first-order chi connectivity index (χ1) is 11.1. The van der Waals surface area contributed by atoms with Crippen LogP contribution in [0.25, 0.3) is 0 Å². The van der Waals surface area contributed by atoms with Gasteiger partial charge in [-0.05, 0) is 61.9 Å². The third kappa shape index (κ3) is 4.21. The van der Waals surface area contributed by atoms with Crippen molar-refractivity contribution in [1.82, 2.24) is 0 Å². The van der Waals surface area contributed by atoms with Gasteiger partial charge in [-0.3, -0.25) is 0 Å². The van der Waals surface area contributed by atoms with Gasteiger partial charge in [0.05, 0.1) is 0 Å². The SMILES string of the molecule is Cc1ccc(SC(=S)/N=C(\N)c2ccc3c(c2)CCCC3)cc1. The van der Waals surface area contributed by atoms with Crippen LogP contribution in [0, 0.1) is 6.92 Å². The largest absolute Gasteiger partial charge is 0.383 e. The first-order valence-corrected chi connectivity index (χ1v) is 9.09. The van der Waals surface area contributed by atoms with Crippen LogP contribution in [0.1, 0.15) is 35.1 Å². The number of hydrogen-bond acceptors (Lipinski definition) is 2. The highest BCUT2D eigenvalue weighted by Gasteiger charge is 2.11. The number of fused-ring (bicyclic) bond motifs is 1. The minimum Gasteiger partial charge on any atom is -0.383 e. The Bertz CT molecular complexity index is 748. The molecule has 0 atom stereocenters. The highest BCUT2D eigenvalue weighted by molar-refractivity contribution is 8.23. The molecule has 2 nitrogen and oxygen atoms in total. The fourth-order valence-corrected chi connectivity index (χ4v) is 3.79. The van der Waals surface area contributed by atoms with Crippen LogP contribution in [0.3, 0.4) is 0 Å². The van der Waals surface area contributed by atoms with E-state index in [2.05, 4.69) is 54.4 Å². The molecule has 23 heavy (non-hydrogen) atoms. The standard InChI is InChI=1S/C19H20N2S2/c1-13-6-10-17(11-7-13)23-19(22)21-18(20)16-9-8-14-4-2-3-5-15(14)12-16/h6-12H,2-5H2,1H3,(H2,20,21,22). The number of nitrogens with zero attached hydrogens (tertiary/aromatic N) is 1. The Morgan fingerprint density at radius 3 is 2.48 bits per heavy atom. The number of thioether (sulfide) groups is 1. The lowest BCUT2D eigenvalue weighted by molar-refractivity contribution is 0.685. The summed E-state index contributed by atoms with van der Waals surface area (Å²) in [6.07, 6.45) is 4.86. The van der Waals surface area contributed by atoms with Crippen molar-refractivity contribution in [3.8, 4) is 0 Å². The van der Waals surface area contributed by atoms with Gasteiger partial charge in [0.1, 0.15) is 5.84 Å². The fourth-order valence-electron chi connectivity index (χ4n) is 2.79. The zero-order chi connectivity index (χ0) is 16.2. The van der Waals surface area contributed by atoms with Crippen molar-refractivity contribution >= 4 is 34.1 Å². The molecule has 0 bridgehead atoms. The summed E-state index contributed by atoms with van der Waals surface area (Å²) in [5.41, 5.74) is 11.2. The summed E-state index contributed by atoms with van der Waals surface area (Å²) < 4.78 is 0.545. The smallest absolute Gasteiger partial charge is 0.166 e. The average molecular weight is 341 g/mol. The third-order valence-electron chi connectivity index (χ3n) is 4.08. The first-order valence-electron chi connectivity index (χ1n) is 7.86. The molecule has 2 N–H and O–H groups in total. The maximum absolute atomic E-state index is 6.16. The molecule has 1 aliphatic carbocycles. The molecule has 3 rings (SSSR count). The van der Waals surface area contributed by atoms with Crippen molar-refractivity contribution in [1.29, 1.82) is 0 Å². The molecule has 0 saturated heterocycles. The zero-order valence-corrected chi connectivity index (χ0v) is 14.8. The second kappa shape index (κ2) is 7.28. The van der Waals surface area contributed by atoms with Gasteiger partial charge in [0.2, 0.25) is 0 Å². The molecule has 0 amide bonds. The highest BCUT2D eigenvalue weighted by atomic mass is 32.2. The Kier molecular flexibility index (Phi) is 5.13. The number of hydrogen-bond donors (Lipinski definition) is 1. The second-order valence-electron chi connectivity index (χ2n) is 5.87. The Morgan fingerprint density at radius 1 is 1.04 bits per heavy atom. The van der Waals surface area contributed by atoms with Crippen molar-refractivity contribution in [3.05, 3.63) is 64.7 Å². The van der Waals surface area contributed by atoms with Crippen LogP contribution in [-0.2, 0) is 12.8 Å². The van der Waals surface area contributed by atoms with Crippen molar-refractivity contribution in [2.75, 3.05) is 0 Å². The minimum absolute atomic E-state index is 0.503. The Labute approximate surface area is 147 Å². The Balaban J connectivity index is 1.73. The maximum atomic E-state index is 6.16. The molecule has 0 aliphatic heterocycles. The van der Waals surface area contributed by atoms with E-state index in [0.717, 1.165) is 16.9 Å². The monoisotopic (exact) mass is 340 g/mol. The normalized spacial score (nSPS) is 14.4. The number of aryl methyl sites for hydroxylation is 3. The van der Waals surface area contributed by atoms with E-state index < -0.39 is 0 Å². The number of nitrogens with two attached hydrogens (primary N) is 1. The van der Waals surface area contributed by atoms with E-state index >= 15 is 0 Å². The van der Waals surface area contributed by atoms with Gasteiger partial charge in [-0.25, -0.2) is 4.99 Å². The first kappa shape index (κ1) is 16.2. The molecule has 118 valence electrons. The molecule has 2 aromatic rings. The van der Waals surface area contributed by atoms with E-state index in [1.807, 2.05) is 0 Å². The zero-order valence-electron chi connectivity index (χ0n) is 13.2. The topological polar surface area (TPSA) is 38.4 Å². The number of rotatable bonds is 2. The summed E-state index contributed by atoms with van der Waals surface area (Å²) in [7, 11) is 0. The van der Waals surface area contributed by atoms with E-state index in [9.17, 15) is 0 Å². The average Bonchev–Trinajstić information content (AvgIpc) is 2.56. The molecule has 0 unspecified atom stereocenters. The van der Waals surface area contributed by atoms with E-state index in [1.54, 1.807) is 0 Å². The number of thiocarbonyl (C=S) groups is 1. The molecule has 0 aromatic heterocycles. The molecule has 0 spiro atoms. The summed E-state index contributed by atoms with van der Waals surface area (Å²) in [5, 5.41) is 0. The van der Waals surface area contributed by atoms with Crippen LogP contribution in [0.4, 0.5) is 0 Å². The highest BCUT2D eigenvalue weighted by Crippen LogP contribution is 2.23. The predicted molar refractivity (Wildman–Crippen MR) is 103 cm³/mol. The molecule has 0 saturated carbocycles. The van der Waals surface area contributed by atoms with Crippen molar-refractivity contribution in [2.24, 2.45) is 10.7 Å². The van der Waals surface area contributed by atoms with Gasteiger partial charge in [0, 0.05) is 10.5 Å². The number of benzene rings is 2. The lowest BCUT2D eigenvalue weighted by Crippen LogP contribution is -2.16. The molecule has 0 fully saturated rings. The summed E-state index contributed by atoms with van der Waals surface area (Å²) in [4.78, 5) is 5.49. The van der Waals surface area contributed by atoms with Crippen LogP contribution in [0.15, 0.2) is 52.4 Å². The molecular formula is C19H20N2S2. The van der Waals surface area contributed by atoms with Crippen molar-refractivity contribution in [2.45, 2.75) is 37.5 Å². The quantitative estimate of drug-likeness (QED) is 0.374. The predicted octanol–water partition coefficient (Wildman–Crippen LogP) is 4.66. The van der Waals surface area contributed by atoms with Crippen LogP contribution in [0.5, 0.6) is 0 Å². The molecule has 0 radical (unpaired) electrons. The molecule has 0 heterocycles. The van der Waals surface area contributed by atoms with Gasteiger partial charge < -0.3 is 5.73 Å². The van der Waals surface area contributed by atoms with E-state index in [4.69, 9.17) is 18.0 Å². The number of aliphatic imine (C=N–C) groups is 1. The Morgan fingerprint density at radius 2 is 1.74 bits per heavy atom. The van der Waals surface area contributed by atoms with Crippen LogP contribution >= 0.6 is 24.0 Å². The van der Waals surface area contributed by atoms with Gasteiger partial charge >= 0.3 is 0 Å². The third-order valence-corrected chi connectivity index (χ3v) is 5.20. The molecule has 1 aliphatic rings. The summed E-state index contributed by atoms with van der Waals surface area (Å²) in [6.45, 7) is 2.07.